The third-order valence-electron chi connectivity index (χ3n) is 5.63. The van der Waals surface area contributed by atoms with E-state index in [9.17, 15) is 0 Å². The highest BCUT2D eigenvalue weighted by Crippen LogP contribution is 2.30. The molecule has 0 N–H and O–H groups in total. The van der Waals surface area contributed by atoms with Crippen LogP contribution in [0.2, 0.25) is 0 Å². The second-order valence-corrected chi connectivity index (χ2v) is 8.34. The van der Waals surface area contributed by atoms with Crippen LogP contribution in [0.1, 0.15) is 45.6 Å². The molecule has 0 aromatic heterocycles. The lowest BCUT2D eigenvalue weighted by atomic mass is 10.0. The summed E-state index contributed by atoms with van der Waals surface area (Å²) in [5, 5.41) is 0. The first-order chi connectivity index (χ1) is 16.2. The summed E-state index contributed by atoms with van der Waals surface area (Å²) in [7, 11) is 0. The van der Waals surface area contributed by atoms with Crippen molar-refractivity contribution in [1.29, 1.82) is 0 Å². The average molecular weight is 431 g/mol. The molecule has 0 saturated carbocycles. The van der Waals surface area contributed by atoms with E-state index < -0.39 is 0 Å². The van der Waals surface area contributed by atoms with E-state index in [2.05, 4.69) is 135 Å². The Hall–Kier alpha value is -3.68. The van der Waals surface area contributed by atoms with E-state index in [0.29, 0.717) is 0 Å². The number of benzene rings is 4. The molecule has 4 aromatic rings. The van der Waals surface area contributed by atoms with E-state index in [-0.39, 0.29) is 12.2 Å². The molecule has 0 amide bonds. The Morgan fingerprint density at radius 2 is 0.848 bits per heavy atom. The van der Waals surface area contributed by atoms with E-state index in [1.165, 1.54) is 11.1 Å². The number of aryl methyl sites for hydroxylation is 2. The maximum atomic E-state index is 6.74. The van der Waals surface area contributed by atoms with Crippen LogP contribution in [0.5, 0.6) is 0 Å². The second kappa shape index (κ2) is 11.3. The van der Waals surface area contributed by atoms with E-state index in [1.54, 1.807) is 0 Å². The van der Waals surface area contributed by atoms with Gasteiger partial charge in [-0.3, -0.25) is 0 Å². The highest BCUT2D eigenvalue weighted by molar-refractivity contribution is 5.52. The fraction of sp³-hybridized carbons (Fsp3) is 0.125. The van der Waals surface area contributed by atoms with Gasteiger partial charge in [0.25, 0.3) is 0 Å². The van der Waals surface area contributed by atoms with Crippen molar-refractivity contribution in [3.8, 4) is 0 Å². The molecule has 0 saturated heterocycles. The van der Waals surface area contributed by atoms with Crippen LogP contribution < -0.4 is 0 Å². The lowest BCUT2D eigenvalue weighted by molar-refractivity contribution is 0.0408. The SMILES string of the molecule is Cc1ccc(C=CC(OC(C=Cc2ccc(C)cc2)c2ccccc2)c2ccccc2)cc1. The minimum atomic E-state index is -0.180. The van der Waals surface area contributed by atoms with Crippen molar-refractivity contribution < 1.29 is 4.74 Å². The summed E-state index contributed by atoms with van der Waals surface area (Å²) in [6, 6.07) is 37.9. The number of hydrogen-bond donors (Lipinski definition) is 0. The Bertz CT molecular complexity index is 1070. The third-order valence-corrected chi connectivity index (χ3v) is 5.63. The van der Waals surface area contributed by atoms with Gasteiger partial charge in [-0.05, 0) is 36.1 Å². The van der Waals surface area contributed by atoms with Crippen LogP contribution in [0.4, 0.5) is 0 Å². The van der Waals surface area contributed by atoms with Gasteiger partial charge in [0.05, 0.1) is 0 Å². The zero-order chi connectivity index (χ0) is 22.9. The zero-order valence-electron chi connectivity index (χ0n) is 19.3. The van der Waals surface area contributed by atoms with Gasteiger partial charge in [0.15, 0.2) is 0 Å². The Morgan fingerprint density at radius 3 is 1.21 bits per heavy atom. The van der Waals surface area contributed by atoms with Crippen LogP contribution in [0, 0.1) is 13.8 Å². The lowest BCUT2D eigenvalue weighted by Crippen LogP contribution is -2.07. The van der Waals surface area contributed by atoms with Gasteiger partial charge in [-0.25, -0.2) is 0 Å². The predicted molar refractivity (Wildman–Crippen MR) is 140 cm³/mol. The highest BCUT2D eigenvalue weighted by Gasteiger charge is 2.16. The van der Waals surface area contributed by atoms with Crippen LogP contribution in [0.25, 0.3) is 12.2 Å². The molecule has 33 heavy (non-hydrogen) atoms. The normalized spacial score (nSPS) is 13.4. The zero-order valence-corrected chi connectivity index (χ0v) is 19.3. The first kappa shape index (κ1) is 22.5. The van der Waals surface area contributed by atoms with E-state index in [4.69, 9.17) is 4.74 Å². The standard InChI is InChI=1S/C32H30O/c1-25-13-17-27(18-14-25)21-23-31(29-9-5-3-6-10-29)33-32(30-11-7-4-8-12-30)24-22-28-19-15-26(2)16-20-28/h3-24,31-32H,1-2H3. The molecule has 4 aromatic carbocycles. The molecule has 0 spiro atoms. The molecule has 1 heteroatoms. The first-order valence-corrected chi connectivity index (χ1v) is 11.4. The molecule has 164 valence electrons. The van der Waals surface area contributed by atoms with Crippen molar-refractivity contribution >= 4 is 12.2 Å². The van der Waals surface area contributed by atoms with Crippen LogP contribution in [0.3, 0.4) is 0 Å². The summed E-state index contributed by atoms with van der Waals surface area (Å²) >= 11 is 0. The van der Waals surface area contributed by atoms with Gasteiger partial charge in [-0.15, -0.1) is 0 Å². The molecule has 2 unspecified atom stereocenters. The third kappa shape index (κ3) is 6.65. The molecule has 0 bridgehead atoms. The summed E-state index contributed by atoms with van der Waals surface area (Å²) < 4.78 is 6.74. The van der Waals surface area contributed by atoms with Gasteiger partial charge in [0.1, 0.15) is 12.2 Å². The first-order valence-electron chi connectivity index (χ1n) is 11.4. The monoisotopic (exact) mass is 430 g/mol. The fourth-order valence-corrected chi connectivity index (χ4v) is 3.67. The summed E-state index contributed by atoms with van der Waals surface area (Å²) in [5.41, 5.74) is 7.10. The van der Waals surface area contributed by atoms with Crippen LogP contribution in [0.15, 0.2) is 121 Å². The van der Waals surface area contributed by atoms with Crippen molar-refractivity contribution in [3.63, 3.8) is 0 Å². The molecule has 0 radical (unpaired) electrons. The van der Waals surface area contributed by atoms with Gasteiger partial charge in [-0.1, -0.05) is 145 Å². The minimum Gasteiger partial charge on any atom is -0.357 e. The Morgan fingerprint density at radius 1 is 0.485 bits per heavy atom. The fourth-order valence-electron chi connectivity index (χ4n) is 3.67. The predicted octanol–water partition coefficient (Wildman–Crippen LogP) is 8.53. The van der Waals surface area contributed by atoms with Crippen molar-refractivity contribution in [1.82, 2.24) is 0 Å². The quantitative estimate of drug-likeness (QED) is 0.272. The van der Waals surface area contributed by atoms with Crippen LogP contribution in [-0.2, 0) is 4.74 Å². The maximum absolute atomic E-state index is 6.74. The van der Waals surface area contributed by atoms with Crippen molar-refractivity contribution in [2.75, 3.05) is 0 Å². The molecule has 0 aliphatic rings. The van der Waals surface area contributed by atoms with Crippen LogP contribution in [-0.4, -0.2) is 0 Å². The molecular formula is C32H30O. The van der Waals surface area contributed by atoms with Crippen molar-refractivity contribution in [2.24, 2.45) is 0 Å². The van der Waals surface area contributed by atoms with E-state index >= 15 is 0 Å². The minimum absolute atomic E-state index is 0.180. The van der Waals surface area contributed by atoms with Crippen molar-refractivity contribution in [3.05, 3.63) is 155 Å². The molecule has 0 aliphatic carbocycles. The number of ether oxygens (including phenoxy) is 1. The summed E-state index contributed by atoms with van der Waals surface area (Å²) in [4.78, 5) is 0. The number of rotatable bonds is 8. The molecule has 0 fully saturated rings. The number of hydrogen-bond acceptors (Lipinski definition) is 1. The summed E-state index contributed by atoms with van der Waals surface area (Å²) in [6.07, 6.45) is 8.22. The molecule has 0 aliphatic heterocycles. The van der Waals surface area contributed by atoms with Gasteiger partial charge < -0.3 is 4.74 Å². The van der Waals surface area contributed by atoms with E-state index in [0.717, 1.165) is 22.3 Å². The molecule has 4 rings (SSSR count). The van der Waals surface area contributed by atoms with Crippen LogP contribution >= 0.6 is 0 Å². The topological polar surface area (TPSA) is 9.23 Å². The molecule has 2 atom stereocenters. The maximum Gasteiger partial charge on any atom is 0.102 e. The second-order valence-electron chi connectivity index (χ2n) is 8.34. The highest BCUT2D eigenvalue weighted by atomic mass is 16.5. The smallest absolute Gasteiger partial charge is 0.102 e. The van der Waals surface area contributed by atoms with Gasteiger partial charge in [0, 0.05) is 0 Å². The Kier molecular flexibility index (Phi) is 7.68. The largest absolute Gasteiger partial charge is 0.357 e. The van der Waals surface area contributed by atoms with E-state index in [1.807, 2.05) is 12.1 Å². The molecule has 1 nitrogen and oxygen atoms in total. The Balaban J connectivity index is 1.64. The lowest BCUT2D eigenvalue weighted by Gasteiger charge is -2.22. The van der Waals surface area contributed by atoms with Gasteiger partial charge >= 0.3 is 0 Å². The summed E-state index contributed by atoms with van der Waals surface area (Å²) in [6.45, 7) is 4.21. The van der Waals surface area contributed by atoms with Gasteiger partial charge in [0.2, 0.25) is 0 Å². The molecule has 0 heterocycles. The molecular weight excluding hydrogens is 400 g/mol. The Labute approximate surface area is 197 Å². The average Bonchev–Trinajstić information content (AvgIpc) is 2.87. The van der Waals surface area contributed by atoms with Gasteiger partial charge in [-0.2, -0.15) is 0 Å². The van der Waals surface area contributed by atoms with Crippen molar-refractivity contribution in [2.45, 2.75) is 26.1 Å². The summed E-state index contributed by atoms with van der Waals surface area (Å²) in [5.74, 6) is 0.